The monoisotopic (exact) mass is 336 g/mol. The van der Waals surface area contributed by atoms with Crippen LogP contribution in [0.4, 0.5) is 5.69 Å². The number of rotatable bonds is 5. The number of H-pyrrole nitrogens is 1. The second-order valence-electron chi connectivity index (χ2n) is 5.40. The average molecular weight is 336 g/mol. The van der Waals surface area contributed by atoms with Gasteiger partial charge in [-0.1, -0.05) is 18.2 Å². The Kier molecular flexibility index (Phi) is 4.84. The minimum absolute atomic E-state index is 0.110. The molecule has 0 aliphatic carbocycles. The lowest BCUT2D eigenvalue weighted by Crippen LogP contribution is -2.29. The number of anilines is 1. The SMILES string of the molecule is O=C(CCNC(=O)c1cc2ccccc2c(=O)[nH]1)Nc1cccnc1. The van der Waals surface area contributed by atoms with Crippen LogP contribution >= 0.6 is 0 Å². The van der Waals surface area contributed by atoms with Crippen molar-refractivity contribution >= 4 is 28.3 Å². The fraction of sp³-hybridized carbons (Fsp3) is 0.111. The Morgan fingerprint density at radius 2 is 1.96 bits per heavy atom. The first kappa shape index (κ1) is 16.4. The van der Waals surface area contributed by atoms with Crippen LogP contribution in [0.25, 0.3) is 10.8 Å². The molecular formula is C18H16N4O3. The van der Waals surface area contributed by atoms with Gasteiger partial charge in [-0.3, -0.25) is 19.4 Å². The first-order chi connectivity index (χ1) is 12.1. The summed E-state index contributed by atoms with van der Waals surface area (Å²) < 4.78 is 0. The third-order valence-electron chi connectivity index (χ3n) is 3.58. The molecule has 7 heteroatoms. The smallest absolute Gasteiger partial charge is 0.267 e. The number of carbonyl (C=O) groups is 2. The predicted octanol–water partition coefficient (Wildman–Crippen LogP) is 1.68. The van der Waals surface area contributed by atoms with Gasteiger partial charge in [-0.2, -0.15) is 0 Å². The molecule has 0 spiro atoms. The maximum Gasteiger partial charge on any atom is 0.267 e. The van der Waals surface area contributed by atoms with Gasteiger partial charge in [0.2, 0.25) is 5.91 Å². The topological polar surface area (TPSA) is 104 Å². The van der Waals surface area contributed by atoms with Crippen LogP contribution in [0.5, 0.6) is 0 Å². The van der Waals surface area contributed by atoms with Gasteiger partial charge in [0.05, 0.1) is 11.9 Å². The van der Waals surface area contributed by atoms with E-state index in [1.54, 1.807) is 48.7 Å². The zero-order chi connectivity index (χ0) is 17.6. The Morgan fingerprint density at radius 3 is 2.76 bits per heavy atom. The average Bonchev–Trinajstić information content (AvgIpc) is 2.62. The lowest BCUT2D eigenvalue weighted by molar-refractivity contribution is -0.116. The molecule has 0 saturated heterocycles. The Bertz CT molecular complexity index is 967. The van der Waals surface area contributed by atoms with E-state index in [1.807, 2.05) is 0 Å². The van der Waals surface area contributed by atoms with Crippen LogP contribution in [0.1, 0.15) is 16.9 Å². The third kappa shape index (κ3) is 4.08. The van der Waals surface area contributed by atoms with Crippen LogP contribution in [0, 0.1) is 0 Å². The van der Waals surface area contributed by atoms with Crippen LogP contribution in [0.2, 0.25) is 0 Å². The van der Waals surface area contributed by atoms with Gasteiger partial charge in [0.1, 0.15) is 5.69 Å². The van der Waals surface area contributed by atoms with Crippen molar-refractivity contribution in [2.75, 3.05) is 11.9 Å². The highest BCUT2D eigenvalue weighted by molar-refractivity contribution is 5.96. The number of nitrogens with zero attached hydrogens (tertiary/aromatic N) is 1. The molecule has 2 amide bonds. The highest BCUT2D eigenvalue weighted by Crippen LogP contribution is 2.09. The third-order valence-corrected chi connectivity index (χ3v) is 3.58. The number of aromatic nitrogens is 2. The normalized spacial score (nSPS) is 10.4. The number of aromatic amines is 1. The van der Waals surface area contributed by atoms with Crippen LogP contribution in [0.3, 0.4) is 0 Å². The molecule has 3 N–H and O–H groups in total. The largest absolute Gasteiger partial charge is 0.350 e. The van der Waals surface area contributed by atoms with Gasteiger partial charge in [0.15, 0.2) is 0 Å². The van der Waals surface area contributed by atoms with E-state index in [9.17, 15) is 14.4 Å². The van der Waals surface area contributed by atoms with Gasteiger partial charge >= 0.3 is 0 Å². The molecule has 3 aromatic rings. The number of fused-ring (bicyclic) bond motifs is 1. The molecule has 0 saturated carbocycles. The van der Waals surface area contributed by atoms with Crippen LogP contribution < -0.4 is 16.2 Å². The van der Waals surface area contributed by atoms with Crippen molar-refractivity contribution < 1.29 is 9.59 Å². The number of benzene rings is 1. The molecule has 126 valence electrons. The number of hydrogen-bond donors (Lipinski definition) is 3. The summed E-state index contributed by atoms with van der Waals surface area (Å²) in [5, 5.41) is 6.51. The first-order valence-corrected chi connectivity index (χ1v) is 7.73. The van der Waals surface area contributed by atoms with E-state index in [4.69, 9.17) is 0 Å². The molecule has 0 bridgehead atoms. The van der Waals surface area contributed by atoms with Crippen molar-refractivity contribution in [1.29, 1.82) is 0 Å². The molecule has 2 heterocycles. The van der Waals surface area contributed by atoms with Gasteiger partial charge in [-0.25, -0.2) is 0 Å². The molecule has 0 unspecified atom stereocenters. The number of nitrogens with one attached hydrogen (secondary N) is 3. The van der Waals surface area contributed by atoms with Gasteiger partial charge in [-0.15, -0.1) is 0 Å². The highest BCUT2D eigenvalue weighted by Gasteiger charge is 2.10. The summed E-state index contributed by atoms with van der Waals surface area (Å²) in [4.78, 5) is 42.4. The summed E-state index contributed by atoms with van der Waals surface area (Å²) >= 11 is 0. The first-order valence-electron chi connectivity index (χ1n) is 7.73. The number of carbonyl (C=O) groups excluding carboxylic acids is 2. The van der Waals surface area contributed by atoms with Crippen molar-refractivity contribution in [1.82, 2.24) is 15.3 Å². The molecule has 25 heavy (non-hydrogen) atoms. The molecule has 0 aliphatic heterocycles. The molecule has 2 aromatic heterocycles. The van der Waals surface area contributed by atoms with E-state index in [1.165, 1.54) is 6.20 Å². The van der Waals surface area contributed by atoms with E-state index in [-0.39, 0.29) is 30.1 Å². The van der Waals surface area contributed by atoms with Gasteiger partial charge in [0, 0.05) is 24.5 Å². The second kappa shape index (κ2) is 7.39. The maximum atomic E-state index is 12.2. The molecule has 0 aliphatic rings. The van der Waals surface area contributed by atoms with E-state index < -0.39 is 5.91 Å². The quantitative estimate of drug-likeness (QED) is 0.659. The van der Waals surface area contributed by atoms with E-state index >= 15 is 0 Å². The second-order valence-corrected chi connectivity index (χ2v) is 5.40. The minimum Gasteiger partial charge on any atom is -0.350 e. The van der Waals surface area contributed by atoms with Crippen molar-refractivity contribution in [3.05, 3.63) is 70.9 Å². The summed E-state index contributed by atoms with van der Waals surface area (Å²) in [5.41, 5.74) is 0.437. The fourth-order valence-corrected chi connectivity index (χ4v) is 2.38. The molecule has 0 fully saturated rings. The molecule has 3 rings (SSSR count). The Hall–Kier alpha value is -3.48. The van der Waals surface area contributed by atoms with E-state index in [0.29, 0.717) is 16.5 Å². The van der Waals surface area contributed by atoms with Gasteiger partial charge < -0.3 is 15.6 Å². The van der Waals surface area contributed by atoms with Gasteiger partial charge in [-0.05, 0) is 29.7 Å². The fourth-order valence-electron chi connectivity index (χ4n) is 2.38. The van der Waals surface area contributed by atoms with E-state index in [0.717, 1.165) is 0 Å². The van der Waals surface area contributed by atoms with E-state index in [2.05, 4.69) is 20.6 Å². The van der Waals surface area contributed by atoms with Crippen LogP contribution in [-0.4, -0.2) is 28.3 Å². The predicted molar refractivity (Wildman–Crippen MR) is 94.4 cm³/mol. The van der Waals surface area contributed by atoms with Crippen molar-refractivity contribution in [3.63, 3.8) is 0 Å². The number of hydrogen-bond acceptors (Lipinski definition) is 4. The summed E-state index contributed by atoms with van der Waals surface area (Å²) in [6.07, 6.45) is 3.26. The summed E-state index contributed by atoms with van der Waals surface area (Å²) in [6, 6.07) is 12.1. The molecular weight excluding hydrogens is 320 g/mol. The van der Waals surface area contributed by atoms with Crippen molar-refractivity contribution in [2.45, 2.75) is 6.42 Å². The Balaban J connectivity index is 1.58. The van der Waals surface area contributed by atoms with Crippen LogP contribution in [0.15, 0.2) is 59.7 Å². The number of amides is 2. The lowest BCUT2D eigenvalue weighted by Gasteiger charge is -2.07. The molecule has 7 nitrogen and oxygen atoms in total. The number of pyridine rings is 2. The lowest BCUT2D eigenvalue weighted by atomic mass is 10.1. The summed E-state index contributed by atoms with van der Waals surface area (Å²) in [5.74, 6) is -0.669. The maximum absolute atomic E-state index is 12.2. The summed E-state index contributed by atoms with van der Waals surface area (Å²) in [7, 11) is 0. The standard InChI is InChI=1S/C18H16N4O3/c23-16(21-13-5-3-8-19-11-13)7-9-20-18(25)15-10-12-4-1-2-6-14(12)17(24)22-15/h1-6,8,10-11H,7,9H2,(H,20,25)(H,21,23)(H,22,24). The van der Waals surface area contributed by atoms with Gasteiger partial charge in [0.25, 0.3) is 11.5 Å². The molecule has 1 aromatic carbocycles. The van der Waals surface area contributed by atoms with Crippen molar-refractivity contribution in [2.24, 2.45) is 0 Å². The highest BCUT2D eigenvalue weighted by atomic mass is 16.2. The summed E-state index contributed by atoms with van der Waals surface area (Å²) in [6.45, 7) is 0.153. The Labute approximate surface area is 143 Å². The zero-order valence-corrected chi connectivity index (χ0v) is 13.3. The Morgan fingerprint density at radius 1 is 1.12 bits per heavy atom. The zero-order valence-electron chi connectivity index (χ0n) is 13.3. The van der Waals surface area contributed by atoms with Crippen LogP contribution in [-0.2, 0) is 4.79 Å². The molecule has 0 atom stereocenters. The molecule has 0 radical (unpaired) electrons. The van der Waals surface area contributed by atoms with Crippen molar-refractivity contribution in [3.8, 4) is 0 Å². The minimum atomic E-state index is -0.433.